The number of alkyl halides is 3. The highest BCUT2D eigenvalue weighted by Gasteiger charge is 2.43. The fraction of sp³-hybridized carbons (Fsp3) is 0.857. The molecule has 2 aliphatic rings. The lowest BCUT2D eigenvalue weighted by Crippen LogP contribution is -2.47. The first-order valence-corrected chi connectivity index (χ1v) is 7.80. The molecule has 132 valence electrons. The van der Waals surface area contributed by atoms with Crippen LogP contribution in [0.5, 0.6) is 0 Å². The van der Waals surface area contributed by atoms with Crippen molar-refractivity contribution in [2.75, 3.05) is 39.4 Å². The lowest BCUT2D eigenvalue weighted by Gasteiger charge is -2.32. The number of likely N-dealkylation sites (tertiary alicyclic amines) is 1. The van der Waals surface area contributed by atoms with Crippen LogP contribution in [-0.4, -0.2) is 68.3 Å². The maximum atomic E-state index is 12.3. The Morgan fingerprint density at radius 2 is 1.96 bits per heavy atom. The van der Waals surface area contributed by atoms with Crippen LogP contribution in [0.1, 0.15) is 19.3 Å². The number of halogens is 3. The van der Waals surface area contributed by atoms with E-state index in [9.17, 15) is 22.8 Å². The van der Waals surface area contributed by atoms with Crippen LogP contribution in [0.15, 0.2) is 0 Å². The zero-order valence-electron chi connectivity index (χ0n) is 12.8. The van der Waals surface area contributed by atoms with Crippen LogP contribution in [0, 0.1) is 5.92 Å². The highest BCUT2D eigenvalue weighted by Crippen LogP contribution is 2.23. The Hall–Kier alpha value is -1.35. The van der Waals surface area contributed by atoms with Crippen LogP contribution in [0.4, 0.5) is 13.2 Å². The molecule has 2 N–H and O–H groups in total. The van der Waals surface area contributed by atoms with Gasteiger partial charge in [-0.2, -0.15) is 13.2 Å². The number of piperidine rings is 1. The summed E-state index contributed by atoms with van der Waals surface area (Å²) in [6.07, 6.45) is -3.55. The highest BCUT2D eigenvalue weighted by molar-refractivity contribution is 5.81. The van der Waals surface area contributed by atoms with Crippen molar-refractivity contribution in [2.45, 2.75) is 31.5 Å². The quantitative estimate of drug-likeness (QED) is 0.773. The lowest BCUT2D eigenvalue weighted by molar-refractivity contribution is -0.186. The van der Waals surface area contributed by atoms with Crippen molar-refractivity contribution < 1.29 is 27.5 Å². The molecule has 0 saturated carbocycles. The minimum atomic E-state index is -4.81. The van der Waals surface area contributed by atoms with Gasteiger partial charge in [0.1, 0.15) is 0 Å². The van der Waals surface area contributed by atoms with Crippen LogP contribution >= 0.6 is 0 Å². The summed E-state index contributed by atoms with van der Waals surface area (Å²) < 4.78 is 42.3. The van der Waals surface area contributed by atoms with Crippen molar-refractivity contribution in [2.24, 2.45) is 5.92 Å². The molecule has 9 heteroatoms. The first kappa shape index (κ1) is 18.0. The van der Waals surface area contributed by atoms with E-state index in [1.807, 2.05) is 0 Å². The number of amides is 2. The number of ether oxygens (including phenoxy) is 1. The zero-order chi connectivity index (χ0) is 16.9. The normalized spacial score (nSPS) is 23.6. The maximum absolute atomic E-state index is 12.3. The predicted octanol–water partition coefficient (Wildman–Crippen LogP) is 0.282. The fourth-order valence-electron chi connectivity index (χ4n) is 2.82. The van der Waals surface area contributed by atoms with E-state index in [0.717, 1.165) is 11.4 Å². The molecule has 2 fully saturated rings. The second-order valence-electron chi connectivity index (χ2n) is 5.97. The summed E-state index contributed by atoms with van der Waals surface area (Å²) >= 11 is 0. The molecule has 1 unspecified atom stereocenters. The lowest BCUT2D eigenvalue weighted by atomic mass is 9.96. The van der Waals surface area contributed by atoms with Crippen molar-refractivity contribution in [3.8, 4) is 0 Å². The van der Waals surface area contributed by atoms with Gasteiger partial charge in [-0.3, -0.25) is 9.59 Å². The number of rotatable bonds is 4. The molecule has 2 rings (SSSR count). The van der Waals surface area contributed by atoms with Gasteiger partial charge in [0.05, 0.1) is 13.2 Å². The Balaban J connectivity index is 1.64. The van der Waals surface area contributed by atoms with Crippen LogP contribution in [0.3, 0.4) is 0 Å². The Labute approximate surface area is 132 Å². The van der Waals surface area contributed by atoms with Gasteiger partial charge in [0.2, 0.25) is 5.91 Å². The first-order chi connectivity index (χ1) is 10.9. The van der Waals surface area contributed by atoms with E-state index in [-0.39, 0.29) is 31.0 Å². The third kappa shape index (κ3) is 5.65. The van der Waals surface area contributed by atoms with Crippen LogP contribution in [0.25, 0.3) is 0 Å². The van der Waals surface area contributed by atoms with Crippen molar-refractivity contribution >= 4 is 11.8 Å². The Morgan fingerprint density at radius 3 is 2.52 bits per heavy atom. The van der Waals surface area contributed by atoms with Gasteiger partial charge in [0, 0.05) is 38.6 Å². The Kier molecular flexibility index (Phi) is 6.23. The Morgan fingerprint density at radius 1 is 1.26 bits per heavy atom. The molecule has 23 heavy (non-hydrogen) atoms. The SMILES string of the molecule is O=C(CC1COCCN1)NCC1CCN(C(=O)C(F)(F)F)CC1. The molecule has 0 aromatic heterocycles. The van der Waals surface area contributed by atoms with E-state index in [0.29, 0.717) is 39.0 Å². The van der Waals surface area contributed by atoms with E-state index >= 15 is 0 Å². The van der Waals surface area contributed by atoms with E-state index in [1.165, 1.54) is 0 Å². The standard InChI is InChI=1S/C14H22F3N3O3/c15-14(16,17)13(22)20-4-1-10(2-5-20)8-19-12(21)7-11-9-23-6-3-18-11/h10-11,18H,1-9H2,(H,19,21). The summed E-state index contributed by atoms with van der Waals surface area (Å²) in [6.45, 7) is 2.47. The van der Waals surface area contributed by atoms with Gasteiger partial charge in [0.25, 0.3) is 0 Å². The zero-order valence-corrected chi connectivity index (χ0v) is 12.8. The number of carbonyl (C=O) groups is 2. The molecule has 6 nitrogen and oxygen atoms in total. The molecule has 0 aromatic carbocycles. The van der Waals surface area contributed by atoms with E-state index in [2.05, 4.69) is 10.6 Å². The van der Waals surface area contributed by atoms with E-state index < -0.39 is 12.1 Å². The predicted molar refractivity (Wildman–Crippen MR) is 75.6 cm³/mol. The van der Waals surface area contributed by atoms with Gasteiger partial charge in [-0.05, 0) is 18.8 Å². The van der Waals surface area contributed by atoms with Crippen LogP contribution in [0.2, 0.25) is 0 Å². The molecular formula is C14H22F3N3O3. The molecule has 0 bridgehead atoms. The molecule has 0 aliphatic carbocycles. The van der Waals surface area contributed by atoms with Gasteiger partial charge < -0.3 is 20.3 Å². The minimum Gasteiger partial charge on any atom is -0.378 e. The number of hydrogen-bond donors (Lipinski definition) is 2. The molecule has 2 amide bonds. The third-order valence-electron chi connectivity index (χ3n) is 4.16. The number of hydrogen-bond acceptors (Lipinski definition) is 4. The molecule has 2 heterocycles. The summed E-state index contributed by atoms with van der Waals surface area (Å²) in [5.41, 5.74) is 0. The van der Waals surface area contributed by atoms with Crippen molar-refractivity contribution in [1.82, 2.24) is 15.5 Å². The third-order valence-corrected chi connectivity index (χ3v) is 4.16. The molecule has 2 saturated heterocycles. The summed E-state index contributed by atoms with van der Waals surface area (Å²) in [5, 5.41) is 6.00. The summed E-state index contributed by atoms with van der Waals surface area (Å²) in [7, 11) is 0. The molecule has 0 radical (unpaired) electrons. The van der Waals surface area contributed by atoms with Gasteiger partial charge in [-0.1, -0.05) is 0 Å². The Bertz CT molecular complexity index is 417. The monoisotopic (exact) mass is 337 g/mol. The molecule has 2 aliphatic heterocycles. The van der Waals surface area contributed by atoms with Crippen molar-refractivity contribution in [1.29, 1.82) is 0 Å². The number of carbonyl (C=O) groups excluding carboxylic acids is 2. The number of nitrogens with zero attached hydrogens (tertiary/aromatic N) is 1. The van der Waals surface area contributed by atoms with Gasteiger partial charge >= 0.3 is 12.1 Å². The second-order valence-corrected chi connectivity index (χ2v) is 5.97. The fourth-order valence-corrected chi connectivity index (χ4v) is 2.82. The van der Waals surface area contributed by atoms with E-state index in [4.69, 9.17) is 4.74 Å². The molecule has 1 atom stereocenters. The average Bonchev–Trinajstić information content (AvgIpc) is 2.53. The molecule has 0 spiro atoms. The van der Waals surface area contributed by atoms with Crippen LogP contribution < -0.4 is 10.6 Å². The summed E-state index contributed by atoms with van der Waals surface area (Å²) in [6, 6.07) is 0.00926. The largest absolute Gasteiger partial charge is 0.471 e. The van der Waals surface area contributed by atoms with Gasteiger partial charge in [0.15, 0.2) is 0 Å². The van der Waals surface area contributed by atoms with Crippen LogP contribution in [-0.2, 0) is 14.3 Å². The number of morpholine rings is 1. The maximum Gasteiger partial charge on any atom is 0.471 e. The minimum absolute atomic E-state index is 0.00926. The second kappa shape index (κ2) is 7.96. The smallest absolute Gasteiger partial charge is 0.378 e. The highest BCUT2D eigenvalue weighted by atomic mass is 19.4. The first-order valence-electron chi connectivity index (χ1n) is 7.80. The molecule has 0 aromatic rings. The topological polar surface area (TPSA) is 70.7 Å². The summed E-state index contributed by atoms with van der Waals surface area (Å²) in [4.78, 5) is 23.8. The van der Waals surface area contributed by atoms with Crippen molar-refractivity contribution in [3.05, 3.63) is 0 Å². The number of nitrogens with one attached hydrogen (secondary N) is 2. The van der Waals surface area contributed by atoms with Gasteiger partial charge in [-0.25, -0.2) is 0 Å². The molecular weight excluding hydrogens is 315 g/mol. The average molecular weight is 337 g/mol. The van der Waals surface area contributed by atoms with E-state index in [1.54, 1.807) is 0 Å². The summed E-state index contributed by atoms with van der Waals surface area (Å²) in [5.74, 6) is -1.77. The van der Waals surface area contributed by atoms with Gasteiger partial charge in [-0.15, -0.1) is 0 Å². The van der Waals surface area contributed by atoms with Crippen molar-refractivity contribution in [3.63, 3.8) is 0 Å².